The molecule has 1 fully saturated rings. The van der Waals surface area contributed by atoms with Gasteiger partial charge in [0.15, 0.2) is 16.7 Å². The second-order valence-electron chi connectivity index (χ2n) is 6.06. The van der Waals surface area contributed by atoms with Crippen molar-refractivity contribution < 1.29 is 4.79 Å². The molecule has 25 heavy (non-hydrogen) atoms. The second kappa shape index (κ2) is 8.28. The van der Waals surface area contributed by atoms with Crippen molar-refractivity contribution in [3.05, 3.63) is 23.9 Å². The van der Waals surface area contributed by atoms with Crippen molar-refractivity contribution in [2.24, 2.45) is 0 Å². The summed E-state index contributed by atoms with van der Waals surface area (Å²) < 4.78 is 2.29. The summed E-state index contributed by atoms with van der Waals surface area (Å²) in [7, 11) is 0. The third-order valence-corrected chi connectivity index (χ3v) is 5.06. The molecule has 1 amide bonds. The van der Waals surface area contributed by atoms with E-state index >= 15 is 0 Å². The molecule has 0 bridgehead atoms. The van der Waals surface area contributed by atoms with Gasteiger partial charge in [-0.25, -0.2) is 9.97 Å². The van der Waals surface area contributed by atoms with Crippen molar-refractivity contribution >= 4 is 23.5 Å². The fraction of sp³-hybridized carbons (Fsp3) is 0.562. The Morgan fingerprint density at radius 1 is 1.32 bits per heavy atom. The van der Waals surface area contributed by atoms with Crippen LogP contribution in [0, 0.1) is 0 Å². The monoisotopic (exact) mass is 361 g/mol. The lowest BCUT2D eigenvalue weighted by Crippen LogP contribution is -2.27. The summed E-state index contributed by atoms with van der Waals surface area (Å²) in [5.41, 5.74) is 5.83. The molecule has 1 saturated carbocycles. The Kier molecular flexibility index (Phi) is 5.85. The summed E-state index contributed by atoms with van der Waals surface area (Å²) in [6, 6.07) is 0.515. The first-order valence-electron chi connectivity index (χ1n) is 8.53. The molecule has 3 rings (SSSR count). The smallest absolute Gasteiger partial charge is 0.273 e. The van der Waals surface area contributed by atoms with Crippen molar-refractivity contribution in [3.8, 4) is 0 Å². The van der Waals surface area contributed by atoms with Crippen LogP contribution in [0.1, 0.15) is 54.5 Å². The van der Waals surface area contributed by atoms with Crippen molar-refractivity contribution in [2.45, 2.75) is 49.7 Å². The molecule has 0 unspecified atom stereocenters. The highest BCUT2D eigenvalue weighted by atomic mass is 32.2. The Bertz CT molecular complexity index is 727. The van der Waals surface area contributed by atoms with Crippen LogP contribution in [0.3, 0.4) is 0 Å². The summed E-state index contributed by atoms with van der Waals surface area (Å²) in [6.07, 6.45) is 11.4. The van der Waals surface area contributed by atoms with Gasteiger partial charge in [0, 0.05) is 31.4 Å². The van der Waals surface area contributed by atoms with Gasteiger partial charge in [-0.1, -0.05) is 24.6 Å². The van der Waals surface area contributed by atoms with Gasteiger partial charge in [-0.15, -0.1) is 10.2 Å². The molecule has 0 spiro atoms. The van der Waals surface area contributed by atoms with E-state index in [9.17, 15) is 4.79 Å². The lowest BCUT2D eigenvalue weighted by molar-refractivity contribution is 0.0949. The van der Waals surface area contributed by atoms with E-state index in [2.05, 4.69) is 30.0 Å². The van der Waals surface area contributed by atoms with Crippen molar-refractivity contribution in [1.82, 2.24) is 30.0 Å². The summed E-state index contributed by atoms with van der Waals surface area (Å²) in [6.45, 7) is 0.529. The van der Waals surface area contributed by atoms with Gasteiger partial charge in [-0.2, -0.15) is 0 Å². The van der Waals surface area contributed by atoms with Crippen molar-refractivity contribution in [2.75, 3.05) is 18.5 Å². The van der Waals surface area contributed by atoms with Gasteiger partial charge >= 0.3 is 0 Å². The van der Waals surface area contributed by atoms with Gasteiger partial charge in [-0.05, 0) is 25.5 Å². The first-order valence-corrected chi connectivity index (χ1v) is 9.75. The molecule has 0 aromatic carbocycles. The van der Waals surface area contributed by atoms with Crippen LogP contribution in [0.2, 0.25) is 0 Å². The van der Waals surface area contributed by atoms with Crippen LogP contribution >= 0.6 is 11.8 Å². The lowest BCUT2D eigenvalue weighted by atomic mass is 10.2. The maximum Gasteiger partial charge on any atom is 0.273 e. The normalized spacial score (nSPS) is 14.8. The Morgan fingerprint density at radius 2 is 2.08 bits per heavy atom. The molecule has 8 nitrogen and oxygen atoms in total. The third kappa shape index (κ3) is 4.09. The first-order chi connectivity index (χ1) is 12.2. The van der Waals surface area contributed by atoms with Crippen LogP contribution in [-0.2, 0) is 6.42 Å². The van der Waals surface area contributed by atoms with Crippen LogP contribution in [0.25, 0.3) is 0 Å². The predicted octanol–water partition coefficient (Wildman–Crippen LogP) is 1.85. The number of amides is 1. The molecule has 134 valence electrons. The molecule has 1 aliphatic carbocycles. The third-order valence-electron chi connectivity index (χ3n) is 4.41. The number of rotatable bonds is 7. The molecule has 0 saturated heterocycles. The zero-order valence-electron chi connectivity index (χ0n) is 14.3. The number of nitrogens with one attached hydrogen (secondary N) is 1. The molecule has 0 radical (unpaired) electrons. The van der Waals surface area contributed by atoms with Crippen molar-refractivity contribution in [3.63, 3.8) is 0 Å². The minimum atomic E-state index is -0.298. The van der Waals surface area contributed by atoms with Crippen LogP contribution in [0.15, 0.2) is 17.6 Å². The number of carbonyl (C=O) groups is 1. The number of thioether (sulfide) groups is 1. The molecule has 2 aromatic rings. The number of hydrogen-bond donors (Lipinski definition) is 2. The van der Waals surface area contributed by atoms with Crippen LogP contribution in [0.4, 0.5) is 5.82 Å². The number of carbonyl (C=O) groups excluding carboxylic acids is 1. The van der Waals surface area contributed by atoms with E-state index in [4.69, 9.17) is 5.73 Å². The Balaban J connectivity index is 1.55. The van der Waals surface area contributed by atoms with Gasteiger partial charge in [0.2, 0.25) is 0 Å². The average molecular weight is 361 g/mol. The van der Waals surface area contributed by atoms with Gasteiger partial charge in [0.25, 0.3) is 5.91 Å². The van der Waals surface area contributed by atoms with E-state index < -0.39 is 0 Å². The predicted molar refractivity (Wildman–Crippen MR) is 96.4 cm³/mol. The molecule has 0 aliphatic heterocycles. The number of nitrogens with zero attached hydrogens (tertiary/aromatic N) is 5. The SMILES string of the molecule is CSc1nnc(CCCNC(=O)c2nccnc2N)n1C1CCCC1. The van der Waals surface area contributed by atoms with E-state index in [-0.39, 0.29) is 17.4 Å². The standard InChI is InChI=1S/C16H23N7OS/c1-25-16-22-21-12(23(16)11-5-2-3-6-11)7-4-8-20-15(24)13-14(17)19-10-9-18-13/h9-11H,2-8H2,1H3,(H2,17,19)(H,20,24). The van der Waals surface area contributed by atoms with E-state index in [1.165, 1.54) is 38.1 Å². The summed E-state index contributed by atoms with van der Waals surface area (Å²) >= 11 is 1.64. The molecule has 9 heteroatoms. The molecule has 0 atom stereocenters. The molecule has 2 heterocycles. The summed E-state index contributed by atoms with van der Waals surface area (Å²) in [5.74, 6) is 0.850. The zero-order valence-corrected chi connectivity index (χ0v) is 15.1. The molecule has 3 N–H and O–H groups in total. The zero-order chi connectivity index (χ0) is 17.6. The molecule has 2 aromatic heterocycles. The number of nitrogens with two attached hydrogens (primary N) is 1. The minimum Gasteiger partial charge on any atom is -0.382 e. The number of hydrogen-bond acceptors (Lipinski definition) is 7. The number of aryl methyl sites for hydroxylation is 1. The van der Waals surface area contributed by atoms with Gasteiger partial charge < -0.3 is 15.6 Å². The molecular formula is C16H23N7OS. The number of nitrogen functional groups attached to an aromatic ring is 1. The Morgan fingerprint density at radius 3 is 2.80 bits per heavy atom. The summed E-state index contributed by atoms with van der Waals surface area (Å²) in [5, 5.41) is 12.5. The van der Waals surface area contributed by atoms with E-state index in [1.54, 1.807) is 11.8 Å². The van der Waals surface area contributed by atoms with Gasteiger partial charge in [0.05, 0.1) is 0 Å². The first kappa shape index (κ1) is 17.7. The second-order valence-corrected chi connectivity index (χ2v) is 6.83. The lowest BCUT2D eigenvalue weighted by Gasteiger charge is -2.16. The fourth-order valence-corrected chi connectivity index (χ4v) is 3.78. The van der Waals surface area contributed by atoms with E-state index in [1.807, 2.05) is 6.26 Å². The fourth-order valence-electron chi connectivity index (χ4n) is 3.20. The van der Waals surface area contributed by atoms with Gasteiger partial charge in [-0.3, -0.25) is 4.79 Å². The minimum absolute atomic E-state index is 0.144. The maximum atomic E-state index is 12.1. The highest BCUT2D eigenvalue weighted by Gasteiger charge is 2.23. The molecule has 1 aliphatic rings. The van der Waals surface area contributed by atoms with Gasteiger partial charge in [0.1, 0.15) is 5.82 Å². The topological polar surface area (TPSA) is 112 Å². The number of anilines is 1. The molecular weight excluding hydrogens is 338 g/mol. The number of aromatic nitrogens is 5. The van der Waals surface area contributed by atoms with Crippen molar-refractivity contribution in [1.29, 1.82) is 0 Å². The Labute approximate surface area is 151 Å². The van der Waals surface area contributed by atoms with Crippen LogP contribution in [-0.4, -0.2) is 43.4 Å². The Hall–Kier alpha value is -2.16. The van der Waals surface area contributed by atoms with E-state index in [0.717, 1.165) is 23.8 Å². The average Bonchev–Trinajstić information content (AvgIpc) is 3.27. The highest BCUT2D eigenvalue weighted by Crippen LogP contribution is 2.33. The van der Waals surface area contributed by atoms with Crippen LogP contribution < -0.4 is 11.1 Å². The summed E-state index contributed by atoms with van der Waals surface area (Å²) in [4.78, 5) is 19.9. The van der Waals surface area contributed by atoms with E-state index in [0.29, 0.717) is 12.6 Å². The largest absolute Gasteiger partial charge is 0.382 e. The van der Waals surface area contributed by atoms with Crippen LogP contribution in [0.5, 0.6) is 0 Å². The quantitative estimate of drug-likeness (QED) is 0.572. The maximum absolute atomic E-state index is 12.1. The highest BCUT2D eigenvalue weighted by molar-refractivity contribution is 7.98.